The molecule has 0 saturated heterocycles. The van der Waals surface area contributed by atoms with Gasteiger partial charge in [0, 0.05) is 5.39 Å². The van der Waals surface area contributed by atoms with Gasteiger partial charge in [-0.15, -0.1) is 0 Å². The lowest BCUT2D eigenvalue weighted by molar-refractivity contribution is 0.00629. The van der Waals surface area contributed by atoms with Crippen LogP contribution in [-0.2, 0) is 4.74 Å². The molecule has 0 saturated carbocycles. The smallest absolute Gasteiger partial charge is 0.356 e. The highest BCUT2D eigenvalue weighted by atomic mass is 79.9. The van der Waals surface area contributed by atoms with Gasteiger partial charge in [0.25, 0.3) is 0 Å². The Morgan fingerprint density at radius 3 is 2.53 bits per heavy atom. The molecule has 0 radical (unpaired) electrons. The van der Waals surface area contributed by atoms with E-state index in [9.17, 15) is 4.79 Å². The second-order valence-corrected chi connectivity index (χ2v) is 5.58. The van der Waals surface area contributed by atoms with Crippen LogP contribution >= 0.6 is 16.1 Å². The van der Waals surface area contributed by atoms with Crippen molar-refractivity contribution in [1.29, 1.82) is 0 Å². The van der Waals surface area contributed by atoms with Gasteiger partial charge in [0.05, 0.1) is 21.7 Å². The van der Waals surface area contributed by atoms with Crippen molar-refractivity contribution in [2.24, 2.45) is 0 Å². The normalized spacial score (nSPS) is 11.8. The number of ether oxygens (including phenoxy) is 1. The number of hydrogen-bond donors (Lipinski definition) is 0. The Labute approximate surface area is 109 Å². The van der Waals surface area contributed by atoms with E-state index >= 15 is 0 Å². The van der Waals surface area contributed by atoms with Crippen molar-refractivity contribution in [3.05, 3.63) is 36.0 Å². The largest absolute Gasteiger partial charge is 0.455 e. The molecule has 0 spiro atoms. The van der Waals surface area contributed by atoms with Crippen molar-refractivity contribution in [3.8, 4) is 0 Å². The van der Waals surface area contributed by atoms with Crippen LogP contribution in [0.3, 0.4) is 0 Å². The lowest BCUT2D eigenvalue weighted by atomic mass is 10.2. The summed E-state index contributed by atoms with van der Waals surface area (Å²) in [6.07, 6.45) is 0. The molecular formula is C13H14BrNO2. The number of rotatable bonds is 1. The van der Waals surface area contributed by atoms with Crippen LogP contribution in [-0.4, -0.2) is 15.2 Å². The summed E-state index contributed by atoms with van der Waals surface area (Å²) < 4.78 is 7.02. The molecule has 0 aliphatic heterocycles. The number of para-hydroxylation sites is 1. The third-order valence-electron chi connectivity index (χ3n) is 2.26. The van der Waals surface area contributed by atoms with Crippen LogP contribution in [0.5, 0.6) is 0 Å². The Balaban J connectivity index is 2.43. The summed E-state index contributed by atoms with van der Waals surface area (Å²) in [5, 5.41) is 1.00. The van der Waals surface area contributed by atoms with Crippen molar-refractivity contribution in [2.75, 3.05) is 0 Å². The number of benzene rings is 1. The summed E-state index contributed by atoms with van der Waals surface area (Å²) in [7, 11) is 0. The second-order valence-electron chi connectivity index (χ2n) is 4.87. The maximum absolute atomic E-state index is 12.0. The van der Waals surface area contributed by atoms with Gasteiger partial charge in [-0.1, -0.05) is 18.2 Å². The molecule has 0 bridgehead atoms. The monoisotopic (exact) mass is 295 g/mol. The van der Waals surface area contributed by atoms with Gasteiger partial charge in [-0.3, -0.25) is 3.59 Å². The van der Waals surface area contributed by atoms with E-state index in [4.69, 9.17) is 4.74 Å². The average Bonchev–Trinajstić information content (AvgIpc) is 2.55. The van der Waals surface area contributed by atoms with Crippen LogP contribution in [0.1, 0.15) is 31.3 Å². The van der Waals surface area contributed by atoms with E-state index in [2.05, 4.69) is 16.1 Å². The quantitative estimate of drug-likeness (QED) is 0.750. The zero-order valence-corrected chi connectivity index (χ0v) is 11.6. The molecule has 1 heterocycles. The molecule has 4 heteroatoms. The highest BCUT2D eigenvalue weighted by Gasteiger charge is 2.21. The minimum Gasteiger partial charge on any atom is -0.455 e. The molecule has 0 aliphatic carbocycles. The third-order valence-corrected chi connectivity index (χ3v) is 3.02. The van der Waals surface area contributed by atoms with E-state index < -0.39 is 5.60 Å². The second kappa shape index (κ2) is 4.18. The van der Waals surface area contributed by atoms with Crippen molar-refractivity contribution in [3.63, 3.8) is 0 Å². The number of esters is 1. The molecule has 1 aromatic carbocycles. The lowest BCUT2D eigenvalue weighted by Crippen LogP contribution is -2.24. The fourth-order valence-corrected chi connectivity index (χ4v) is 2.16. The molecule has 2 aromatic rings. The molecule has 2 rings (SSSR count). The highest BCUT2D eigenvalue weighted by Crippen LogP contribution is 2.23. The standard InChI is InChI=1S/C13H14BrNO2/c1-13(2,3)17-12(16)11-8-9-6-4-5-7-10(9)15(11)14/h4-8H,1-3H3. The van der Waals surface area contributed by atoms with Gasteiger partial charge in [0.1, 0.15) is 11.3 Å². The number of carbonyl (C=O) groups is 1. The number of fused-ring (bicyclic) bond motifs is 1. The van der Waals surface area contributed by atoms with Gasteiger partial charge < -0.3 is 4.74 Å². The Morgan fingerprint density at radius 1 is 1.29 bits per heavy atom. The van der Waals surface area contributed by atoms with Crippen LogP contribution in [0.4, 0.5) is 0 Å². The summed E-state index contributed by atoms with van der Waals surface area (Å²) in [4.78, 5) is 12.0. The van der Waals surface area contributed by atoms with Gasteiger partial charge in [0.2, 0.25) is 0 Å². The number of aromatic nitrogens is 1. The summed E-state index contributed by atoms with van der Waals surface area (Å²) in [6.45, 7) is 5.56. The van der Waals surface area contributed by atoms with Gasteiger partial charge in [-0.2, -0.15) is 0 Å². The number of carbonyl (C=O) groups excluding carboxylic acids is 1. The van der Waals surface area contributed by atoms with Crippen LogP contribution < -0.4 is 0 Å². The summed E-state index contributed by atoms with van der Waals surface area (Å²) >= 11 is 3.38. The topological polar surface area (TPSA) is 31.2 Å². The molecule has 0 amide bonds. The molecule has 17 heavy (non-hydrogen) atoms. The summed E-state index contributed by atoms with van der Waals surface area (Å²) in [5.74, 6) is -0.328. The van der Waals surface area contributed by atoms with Crippen LogP contribution in [0.25, 0.3) is 10.9 Å². The summed E-state index contributed by atoms with van der Waals surface area (Å²) in [5.41, 5.74) is 0.968. The van der Waals surface area contributed by atoms with Crippen molar-refractivity contribution in [2.45, 2.75) is 26.4 Å². The molecule has 0 unspecified atom stereocenters. The number of nitrogens with zero attached hydrogens (tertiary/aromatic N) is 1. The Bertz CT molecular complexity index is 566. The van der Waals surface area contributed by atoms with Crippen molar-refractivity contribution >= 4 is 33.0 Å². The van der Waals surface area contributed by atoms with Crippen LogP contribution in [0.15, 0.2) is 30.3 Å². The van der Waals surface area contributed by atoms with E-state index in [1.54, 1.807) is 3.59 Å². The first-order chi connectivity index (χ1) is 7.88. The number of halogens is 1. The minimum absolute atomic E-state index is 0.328. The van der Waals surface area contributed by atoms with Gasteiger partial charge in [-0.05, 0) is 32.9 Å². The molecule has 0 fully saturated rings. The lowest BCUT2D eigenvalue weighted by Gasteiger charge is -2.19. The fraction of sp³-hybridized carbons (Fsp3) is 0.308. The predicted molar refractivity (Wildman–Crippen MR) is 71.4 cm³/mol. The average molecular weight is 296 g/mol. The van der Waals surface area contributed by atoms with E-state index in [0.29, 0.717) is 5.69 Å². The maximum Gasteiger partial charge on any atom is 0.356 e. The predicted octanol–water partition coefficient (Wildman–Crippen LogP) is 3.75. The zero-order chi connectivity index (χ0) is 12.6. The highest BCUT2D eigenvalue weighted by molar-refractivity contribution is 9.08. The number of hydrogen-bond acceptors (Lipinski definition) is 2. The maximum atomic E-state index is 12.0. The van der Waals surface area contributed by atoms with Crippen molar-refractivity contribution < 1.29 is 9.53 Å². The van der Waals surface area contributed by atoms with Crippen LogP contribution in [0.2, 0.25) is 0 Å². The van der Waals surface area contributed by atoms with Gasteiger partial charge in [0.15, 0.2) is 0 Å². The molecule has 3 nitrogen and oxygen atoms in total. The van der Waals surface area contributed by atoms with E-state index in [1.807, 2.05) is 51.1 Å². The first-order valence-corrected chi connectivity index (χ1v) is 6.09. The zero-order valence-electron chi connectivity index (χ0n) is 10.0. The summed E-state index contributed by atoms with van der Waals surface area (Å²) in [6, 6.07) is 9.59. The molecule has 0 N–H and O–H groups in total. The Hall–Kier alpha value is -1.29. The third kappa shape index (κ3) is 2.52. The van der Waals surface area contributed by atoms with Crippen molar-refractivity contribution in [1.82, 2.24) is 3.59 Å². The van der Waals surface area contributed by atoms with Gasteiger partial charge in [-0.25, -0.2) is 4.79 Å². The molecule has 0 atom stereocenters. The molecule has 90 valence electrons. The minimum atomic E-state index is -0.486. The molecule has 0 aliphatic rings. The van der Waals surface area contributed by atoms with E-state index in [0.717, 1.165) is 10.9 Å². The Morgan fingerprint density at radius 2 is 1.94 bits per heavy atom. The van der Waals surface area contributed by atoms with Crippen LogP contribution in [0, 0.1) is 0 Å². The van der Waals surface area contributed by atoms with Gasteiger partial charge >= 0.3 is 5.97 Å². The first-order valence-electron chi connectivity index (χ1n) is 5.38. The Kier molecular flexibility index (Phi) is 3.00. The SMILES string of the molecule is CC(C)(C)OC(=O)c1cc2ccccc2n1Br. The molecular weight excluding hydrogens is 282 g/mol. The molecule has 1 aromatic heterocycles. The van der Waals surface area contributed by atoms with E-state index in [1.165, 1.54) is 0 Å². The fourth-order valence-electron chi connectivity index (χ4n) is 1.59. The van der Waals surface area contributed by atoms with E-state index in [-0.39, 0.29) is 5.97 Å². The first kappa shape index (κ1) is 12.2.